The monoisotopic (exact) mass is 593 g/mol. The minimum atomic E-state index is -4.70. The number of halogens is 4. The van der Waals surface area contributed by atoms with Crippen LogP contribution in [0, 0.1) is 11.3 Å². The Labute approximate surface area is 245 Å². The molecule has 0 bridgehead atoms. The van der Waals surface area contributed by atoms with E-state index in [-0.39, 0.29) is 35.2 Å². The summed E-state index contributed by atoms with van der Waals surface area (Å²) in [6.45, 7) is 5.86. The maximum Gasteiger partial charge on any atom is 0.404 e. The molecule has 1 saturated carbocycles. The van der Waals surface area contributed by atoms with Crippen molar-refractivity contribution >= 4 is 29.1 Å². The number of hydrogen-bond acceptors (Lipinski definition) is 4. The van der Waals surface area contributed by atoms with Crippen molar-refractivity contribution in [3.05, 3.63) is 58.6 Å². The smallest absolute Gasteiger partial charge is 0.404 e. The van der Waals surface area contributed by atoms with Gasteiger partial charge < -0.3 is 19.4 Å². The Kier molecular flexibility index (Phi) is 9.16. The molecule has 41 heavy (non-hydrogen) atoms. The number of piperidine rings is 1. The Bertz CT molecular complexity index is 1260. The van der Waals surface area contributed by atoms with E-state index in [2.05, 4.69) is 4.90 Å². The minimum absolute atomic E-state index is 0.0694. The van der Waals surface area contributed by atoms with Crippen LogP contribution in [0.2, 0.25) is 5.02 Å². The number of amides is 2. The number of anilines is 1. The van der Waals surface area contributed by atoms with E-state index in [0.717, 1.165) is 38.0 Å². The minimum Gasteiger partial charge on any atom is -0.497 e. The number of alkyl halides is 3. The van der Waals surface area contributed by atoms with Gasteiger partial charge in [-0.25, -0.2) is 0 Å². The number of methoxy groups -OCH3 is 1. The van der Waals surface area contributed by atoms with Crippen molar-refractivity contribution in [2.24, 2.45) is 11.3 Å². The van der Waals surface area contributed by atoms with Crippen molar-refractivity contribution < 1.29 is 27.5 Å². The van der Waals surface area contributed by atoms with E-state index in [0.29, 0.717) is 22.9 Å². The fourth-order valence-corrected chi connectivity index (χ4v) is 6.19. The van der Waals surface area contributed by atoms with Crippen LogP contribution in [0.25, 0.3) is 0 Å². The molecule has 2 aliphatic rings. The molecule has 2 aromatic rings. The van der Waals surface area contributed by atoms with Gasteiger partial charge in [0.1, 0.15) is 5.75 Å². The molecular weight excluding hydrogens is 555 g/mol. The summed E-state index contributed by atoms with van der Waals surface area (Å²) in [6, 6.07) is 11.3. The van der Waals surface area contributed by atoms with E-state index in [4.69, 9.17) is 16.3 Å². The molecule has 10 heteroatoms. The average Bonchev–Trinajstić information content (AvgIpc) is 3.61. The number of carbonyl (C=O) groups is 2. The van der Waals surface area contributed by atoms with Gasteiger partial charge in [0, 0.05) is 45.5 Å². The van der Waals surface area contributed by atoms with Crippen LogP contribution in [-0.2, 0) is 4.79 Å². The van der Waals surface area contributed by atoms with Gasteiger partial charge in [0.2, 0.25) is 5.91 Å². The highest BCUT2D eigenvalue weighted by atomic mass is 35.5. The van der Waals surface area contributed by atoms with Crippen LogP contribution in [0.15, 0.2) is 42.5 Å². The van der Waals surface area contributed by atoms with Crippen LogP contribution in [0.4, 0.5) is 18.9 Å². The zero-order chi connectivity index (χ0) is 30.1. The normalized spacial score (nSPS) is 18.8. The molecule has 2 amide bonds. The lowest BCUT2D eigenvalue weighted by Gasteiger charge is -2.35. The molecule has 0 radical (unpaired) electrons. The second kappa shape index (κ2) is 12.1. The molecule has 1 saturated heterocycles. The topological polar surface area (TPSA) is 53.1 Å². The molecule has 1 spiro atoms. The van der Waals surface area contributed by atoms with Crippen LogP contribution in [-0.4, -0.2) is 74.7 Å². The fourth-order valence-electron chi connectivity index (χ4n) is 5.93. The molecule has 4 rings (SSSR count). The van der Waals surface area contributed by atoms with Gasteiger partial charge in [0.25, 0.3) is 5.91 Å². The van der Waals surface area contributed by atoms with Crippen LogP contribution < -0.4 is 9.64 Å². The van der Waals surface area contributed by atoms with Crippen LogP contribution in [0.1, 0.15) is 61.4 Å². The van der Waals surface area contributed by atoms with E-state index >= 15 is 0 Å². The molecular formula is C31H39ClF3N3O3. The van der Waals surface area contributed by atoms with E-state index < -0.39 is 18.0 Å². The summed E-state index contributed by atoms with van der Waals surface area (Å²) < 4.78 is 46.9. The first-order chi connectivity index (χ1) is 19.3. The number of benzene rings is 2. The molecule has 2 atom stereocenters. The molecule has 1 aliphatic carbocycles. The largest absolute Gasteiger partial charge is 0.497 e. The van der Waals surface area contributed by atoms with Gasteiger partial charge in [-0.2, -0.15) is 13.2 Å². The van der Waals surface area contributed by atoms with E-state index in [1.54, 1.807) is 24.1 Å². The van der Waals surface area contributed by atoms with E-state index in [1.807, 2.05) is 26.0 Å². The van der Waals surface area contributed by atoms with Crippen LogP contribution in [0.3, 0.4) is 0 Å². The van der Waals surface area contributed by atoms with Crippen molar-refractivity contribution in [2.75, 3.05) is 45.7 Å². The van der Waals surface area contributed by atoms with Gasteiger partial charge in [-0.15, -0.1) is 0 Å². The number of rotatable bonds is 9. The number of carbonyl (C=O) groups excluding carboxylic acids is 2. The zero-order valence-corrected chi connectivity index (χ0v) is 25.1. The fraction of sp³-hybridized carbons (Fsp3) is 0.548. The molecule has 0 N–H and O–H groups in total. The molecule has 2 fully saturated rings. The van der Waals surface area contributed by atoms with Crippen molar-refractivity contribution in [3.63, 3.8) is 0 Å². The highest BCUT2D eigenvalue weighted by Crippen LogP contribution is 2.61. The summed E-state index contributed by atoms with van der Waals surface area (Å²) in [7, 11) is 4.60. The second-order valence-electron chi connectivity index (χ2n) is 11.7. The quantitative estimate of drug-likeness (QED) is 0.327. The summed E-state index contributed by atoms with van der Waals surface area (Å²) in [4.78, 5) is 30.8. The lowest BCUT2D eigenvalue weighted by Crippen LogP contribution is -2.39. The van der Waals surface area contributed by atoms with Crippen molar-refractivity contribution in [1.82, 2.24) is 9.80 Å². The molecule has 0 aromatic heterocycles. The zero-order valence-electron chi connectivity index (χ0n) is 24.3. The van der Waals surface area contributed by atoms with E-state index in [9.17, 15) is 22.8 Å². The first kappa shape index (κ1) is 31.0. The maximum absolute atomic E-state index is 14.0. The highest BCUT2D eigenvalue weighted by Gasteiger charge is 2.54. The predicted molar refractivity (Wildman–Crippen MR) is 155 cm³/mol. The Morgan fingerprint density at radius 1 is 1.12 bits per heavy atom. The van der Waals surface area contributed by atoms with Crippen molar-refractivity contribution in [1.29, 1.82) is 0 Å². The summed E-state index contributed by atoms with van der Waals surface area (Å²) in [6.07, 6.45) is -1.06. The lowest BCUT2D eigenvalue weighted by molar-refractivity contribution is -0.171. The van der Waals surface area contributed by atoms with Crippen molar-refractivity contribution in [3.8, 4) is 5.75 Å². The Morgan fingerprint density at radius 3 is 2.39 bits per heavy atom. The number of nitrogens with zero attached hydrogens (tertiary/aromatic N) is 3. The van der Waals surface area contributed by atoms with Crippen molar-refractivity contribution in [2.45, 2.75) is 57.7 Å². The molecule has 224 valence electrons. The Hall–Kier alpha value is -2.94. The molecule has 1 aliphatic heterocycles. The standard InChI is InChI=1S/C31H39ClF3N3O3/c1-20(2)37(4)28(39)25-10-9-23(18-26(25)32)38-15-12-30(13-16-38)19-22(30)11-14-36(3)29(40)27(31(33,34)35)21-7-6-8-24(17-21)41-5/h6-10,17-18,20,22,27H,11-16,19H2,1-5H3. The summed E-state index contributed by atoms with van der Waals surface area (Å²) in [5.41, 5.74) is 1.52. The van der Waals surface area contributed by atoms with Gasteiger partial charge in [-0.05, 0) is 86.8 Å². The van der Waals surface area contributed by atoms with Gasteiger partial charge in [-0.1, -0.05) is 23.7 Å². The van der Waals surface area contributed by atoms with Gasteiger partial charge in [0.15, 0.2) is 5.92 Å². The first-order valence-electron chi connectivity index (χ1n) is 14.0. The van der Waals surface area contributed by atoms with Crippen LogP contribution >= 0.6 is 11.6 Å². The Balaban J connectivity index is 1.31. The highest BCUT2D eigenvalue weighted by molar-refractivity contribution is 6.34. The third kappa shape index (κ3) is 6.76. The van der Waals surface area contributed by atoms with Gasteiger partial charge >= 0.3 is 6.18 Å². The number of likely N-dealkylation sites (N-methyl/N-ethyl adjacent to an activating group) is 1. The summed E-state index contributed by atoms with van der Waals surface area (Å²) in [5.74, 6) is -2.62. The predicted octanol–water partition coefficient (Wildman–Crippen LogP) is 6.63. The number of ether oxygens (including phenoxy) is 1. The van der Waals surface area contributed by atoms with Gasteiger partial charge in [0.05, 0.1) is 17.7 Å². The summed E-state index contributed by atoms with van der Waals surface area (Å²) >= 11 is 6.50. The van der Waals surface area contributed by atoms with Crippen LogP contribution in [0.5, 0.6) is 5.75 Å². The SMILES string of the molecule is COc1cccc(C(C(=O)N(C)CCC2CC23CCN(c2ccc(C(=O)N(C)C(C)C)c(Cl)c2)CC3)C(F)(F)F)c1. The molecule has 6 nitrogen and oxygen atoms in total. The third-order valence-corrected chi connectivity index (χ3v) is 9.26. The molecule has 1 heterocycles. The number of hydrogen-bond donors (Lipinski definition) is 0. The van der Waals surface area contributed by atoms with Gasteiger partial charge in [-0.3, -0.25) is 9.59 Å². The molecule has 2 unspecified atom stereocenters. The average molecular weight is 594 g/mol. The lowest BCUT2D eigenvalue weighted by atomic mass is 9.89. The third-order valence-electron chi connectivity index (χ3n) is 8.95. The summed E-state index contributed by atoms with van der Waals surface area (Å²) in [5, 5.41) is 0.434. The Morgan fingerprint density at radius 2 is 1.80 bits per heavy atom. The van der Waals surface area contributed by atoms with E-state index in [1.165, 1.54) is 37.3 Å². The molecule has 2 aromatic carbocycles. The second-order valence-corrected chi connectivity index (χ2v) is 12.1. The first-order valence-corrected chi connectivity index (χ1v) is 14.4. The maximum atomic E-state index is 14.0.